The van der Waals surface area contributed by atoms with Crippen LogP contribution in [0.25, 0.3) is 0 Å². The Morgan fingerprint density at radius 3 is 2.65 bits per heavy atom. The first kappa shape index (κ1) is 17.8. The highest BCUT2D eigenvalue weighted by Gasteiger charge is 2.37. The lowest BCUT2D eigenvalue weighted by molar-refractivity contribution is -0.384. The van der Waals surface area contributed by atoms with Crippen LogP contribution in [0.1, 0.15) is 27.2 Å². The van der Waals surface area contributed by atoms with Crippen molar-refractivity contribution in [3.05, 3.63) is 21.1 Å². The molecule has 1 N–H and O–H groups in total. The minimum atomic E-state index is -3.11. The van der Waals surface area contributed by atoms with Gasteiger partial charge in [0.15, 0.2) is 20.4 Å². The van der Waals surface area contributed by atoms with Crippen LogP contribution in [0.15, 0.2) is 6.20 Å². The van der Waals surface area contributed by atoms with Crippen LogP contribution in [0.5, 0.6) is 0 Å². The Bertz CT molecular complexity index is 767. The molecule has 0 bridgehead atoms. The third kappa shape index (κ3) is 4.47. The van der Waals surface area contributed by atoms with Crippen molar-refractivity contribution in [1.82, 2.24) is 9.97 Å². The Morgan fingerprint density at radius 1 is 1.52 bits per heavy atom. The van der Waals surface area contributed by atoms with Crippen LogP contribution in [0.2, 0.25) is 0 Å². The van der Waals surface area contributed by atoms with Crippen LogP contribution < -0.4 is 4.90 Å². The Kier molecular flexibility index (Phi) is 4.76. The molecule has 0 unspecified atom stereocenters. The van der Waals surface area contributed by atoms with E-state index in [1.165, 1.54) is 0 Å². The SMILES string of the molecule is CC(C)(C)CN(c1[nH]c(=S)ncc1[N+](=O)[O-])[C@@H]1CCS(=O)(=O)C1. The van der Waals surface area contributed by atoms with Gasteiger partial charge in [-0.25, -0.2) is 13.4 Å². The van der Waals surface area contributed by atoms with Crippen LogP contribution in [0.4, 0.5) is 11.5 Å². The molecule has 0 aliphatic carbocycles. The monoisotopic (exact) mass is 360 g/mol. The summed E-state index contributed by atoms with van der Waals surface area (Å²) in [4.78, 5) is 19.1. The number of aromatic nitrogens is 2. The van der Waals surface area contributed by atoms with Gasteiger partial charge in [-0.1, -0.05) is 20.8 Å². The molecule has 8 nitrogen and oxygen atoms in total. The molecule has 2 heterocycles. The van der Waals surface area contributed by atoms with Crippen molar-refractivity contribution in [2.24, 2.45) is 5.41 Å². The molecule has 0 radical (unpaired) electrons. The van der Waals surface area contributed by atoms with Gasteiger partial charge in [0.25, 0.3) is 0 Å². The molecular formula is C13H20N4O4S2. The third-order valence-electron chi connectivity index (χ3n) is 3.55. The van der Waals surface area contributed by atoms with Crippen molar-refractivity contribution in [3.63, 3.8) is 0 Å². The van der Waals surface area contributed by atoms with E-state index in [9.17, 15) is 18.5 Å². The number of anilines is 1. The summed E-state index contributed by atoms with van der Waals surface area (Å²) < 4.78 is 23.8. The Morgan fingerprint density at radius 2 is 2.17 bits per heavy atom. The summed E-state index contributed by atoms with van der Waals surface area (Å²) >= 11 is 4.99. The van der Waals surface area contributed by atoms with Gasteiger partial charge in [0.1, 0.15) is 6.20 Å². The van der Waals surface area contributed by atoms with Gasteiger partial charge >= 0.3 is 5.69 Å². The van der Waals surface area contributed by atoms with Gasteiger partial charge in [-0.05, 0) is 24.1 Å². The summed E-state index contributed by atoms with van der Waals surface area (Å²) in [6.45, 7) is 6.44. The van der Waals surface area contributed by atoms with Crippen molar-refractivity contribution in [2.45, 2.75) is 33.2 Å². The molecule has 1 saturated heterocycles. The highest BCUT2D eigenvalue weighted by Crippen LogP contribution is 2.32. The average molecular weight is 360 g/mol. The number of H-pyrrole nitrogens is 1. The van der Waals surface area contributed by atoms with Crippen LogP contribution in [0, 0.1) is 20.3 Å². The van der Waals surface area contributed by atoms with E-state index in [-0.39, 0.29) is 39.2 Å². The number of hydrogen-bond acceptors (Lipinski definition) is 7. The average Bonchev–Trinajstić information content (AvgIpc) is 2.74. The molecule has 1 atom stereocenters. The first-order valence-corrected chi connectivity index (χ1v) is 9.42. The van der Waals surface area contributed by atoms with Crippen LogP contribution >= 0.6 is 12.2 Å². The summed E-state index contributed by atoms with van der Waals surface area (Å²) in [6.07, 6.45) is 1.56. The summed E-state index contributed by atoms with van der Waals surface area (Å²) in [5.41, 5.74) is -0.383. The molecule has 1 aliphatic heterocycles. The van der Waals surface area contributed by atoms with Crippen LogP contribution in [-0.4, -0.2) is 47.4 Å². The topological polar surface area (TPSA) is 109 Å². The van der Waals surface area contributed by atoms with Crippen molar-refractivity contribution >= 4 is 33.6 Å². The number of nitrogens with one attached hydrogen (secondary N) is 1. The molecule has 10 heteroatoms. The summed E-state index contributed by atoms with van der Waals surface area (Å²) in [7, 11) is -3.11. The lowest BCUT2D eigenvalue weighted by Gasteiger charge is -2.35. The molecule has 1 fully saturated rings. The molecule has 1 aliphatic rings. The first-order chi connectivity index (χ1) is 10.5. The smallest absolute Gasteiger partial charge is 0.327 e. The van der Waals surface area contributed by atoms with Crippen LogP contribution in [-0.2, 0) is 9.84 Å². The zero-order chi connectivity index (χ0) is 17.4. The van der Waals surface area contributed by atoms with Gasteiger partial charge in [-0.3, -0.25) is 10.1 Å². The minimum absolute atomic E-state index is 0.0108. The number of rotatable bonds is 4. The van der Waals surface area contributed by atoms with Gasteiger partial charge in [-0.15, -0.1) is 0 Å². The third-order valence-corrected chi connectivity index (χ3v) is 5.51. The van der Waals surface area contributed by atoms with E-state index in [1.54, 1.807) is 4.90 Å². The zero-order valence-corrected chi connectivity index (χ0v) is 14.9. The second kappa shape index (κ2) is 6.16. The first-order valence-electron chi connectivity index (χ1n) is 7.19. The fraction of sp³-hybridized carbons (Fsp3) is 0.692. The van der Waals surface area contributed by atoms with Gasteiger partial charge in [0.05, 0.1) is 16.4 Å². The van der Waals surface area contributed by atoms with E-state index in [4.69, 9.17) is 12.2 Å². The molecule has 2 rings (SSSR count). The van der Waals surface area contributed by atoms with Crippen LogP contribution in [0.3, 0.4) is 0 Å². The molecule has 128 valence electrons. The predicted molar refractivity (Wildman–Crippen MR) is 89.9 cm³/mol. The maximum atomic E-state index is 11.8. The Hall–Kier alpha value is -1.55. The van der Waals surface area contributed by atoms with Crippen molar-refractivity contribution in [2.75, 3.05) is 23.0 Å². The Labute approximate surface area is 140 Å². The highest BCUT2D eigenvalue weighted by atomic mass is 32.2. The van der Waals surface area contributed by atoms with Crippen molar-refractivity contribution in [1.29, 1.82) is 0 Å². The van der Waals surface area contributed by atoms with Gasteiger partial charge in [0.2, 0.25) is 0 Å². The largest absolute Gasteiger partial charge is 0.348 e. The molecule has 0 amide bonds. The van der Waals surface area contributed by atoms with E-state index < -0.39 is 14.8 Å². The maximum Gasteiger partial charge on any atom is 0.327 e. The number of aromatic amines is 1. The van der Waals surface area contributed by atoms with E-state index in [0.717, 1.165) is 6.20 Å². The van der Waals surface area contributed by atoms with Gasteiger partial charge < -0.3 is 9.88 Å². The normalized spacial score (nSPS) is 20.4. The van der Waals surface area contributed by atoms with Crippen molar-refractivity contribution < 1.29 is 13.3 Å². The zero-order valence-electron chi connectivity index (χ0n) is 13.3. The quantitative estimate of drug-likeness (QED) is 0.497. The molecule has 23 heavy (non-hydrogen) atoms. The molecule has 0 saturated carbocycles. The van der Waals surface area contributed by atoms with Gasteiger partial charge in [-0.2, -0.15) is 0 Å². The fourth-order valence-electron chi connectivity index (χ4n) is 2.65. The summed E-state index contributed by atoms with van der Waals surface area (Å²) in [5.74, 6) is 0.313. The lowest BCUT2D eigenvalue weighted by atomic mass is 9.95. The molecule has 1 aromatic rings. The van der Waals surface area contributed by atoms with Gasteiger partial charge in [0, 0.05) is 12.6 Å². The highest BCUT2D eigenvalue weighted by molar-refractivity contribution is 7.91. The van der Waals surface area contributed by atoms with E-state index in [2.05, 4.69) is 9.97 Å². The van der Waals surface area contributed by atoms with Crippen molar-refractivity contribution in [3.8, 4) is 0 Å². The standard InChI is InChI=1S/C13H20N4O4S2/c1-13(2,3)8-16(9-4-5-23(20,21)7-9)11-10(17(18)19)6-14-12(22)15-11/h6,9H,4-5,7-8H2,1-3H3,(H,14,15,22)/t9-/m1/s1. The lowest BCUT2D eigenvalue weighted by Crippen LogP contribution is -2.42. The Balaban J connectivity index is 2.52. The molecule has 0 aromatic carbocycles. The summed E-state index contributed by atoms with van der Waals surface area (Å²) in [5, 5.41) is 11.3. The fourth-order valence-corrected chi connectivity index (χ4v) is 4.53. The second-order valence-electron chi connectivity index (χ2n) is 6.92. The molecule has 1 aromatic heterocycles. The summed E-state index contributed by atoms with van der Waals surface area (Å²) in [6, 6.07) is -0.314. The molecule has 0 spiro atoms. The number of hydrogen-bond donors (Lipinski definition) is 1. The molecular weight excluding hydrogens is 340 g/mol. The number of sulfone groups is 1. The van der Waals surface area contributed by atoms with E-state index in [0.29, 0.717) is 13.0 Å². The second-order valence-corrected chi connectivity index (χ2v) is 9.54. The number of nitrogens with zero attached hydrogens (tertiary/aromatic N) is 3. The van der Waals surface area contributed by atoms with E-state index in [1.807, 2.05) is 20.8 Å². The minimum Gasteiger partial charge on any atom is -0.348 e. The number of nitro groups is 1. The predicted octanol–water partition coefficient (Wildman–Crippen LogP) is 2.09. The van der Waals surface area contributed by atoms with E-state index >= 15 is 0 Å². The maximum absolute atomic E-state index is 11.8.